The van der Waals surface area contributed by atoms with Gasteiger partial charge in [-0.3, -0.25) is 4.98 Å². The normalized spacial score (nSPS) is 19.1. The van der Waals surface area contributed by atoms with E-state index < -0.39 is 11.9 Å². The molecule has 0 aromatic carbocycles. The molecule has 4 rings (SSSR count). The molecule has 7 nitrogen and oxygen atoms in total. The third-order valence-corrected chi connectivity index (χ3v) is 6.31. The standard InChI is InChI=1S/C25H29F3N6O/c1-5-6-19(16(2)3)20-15-35-21-14-30-24(32-23(21)33(20)4)31-17-8-11-34(12-9-17)18-7-10-29-22(13-18)25(26,27)28/h5-7,10,13-14,17,20H,1-2,8-9,11-12,15H2,3-4H3,(H,30,31,32)/b19-6+. The number of allylic oxidation sites excluding steroid dienone is 2. The van der Waals surface area contributed by atoms with Crippen molar-refractivity contribution in [3.63, 3.8) is 0 Å². The van der Waals surface area contributed by atoms with Crippen LogP contribution in [0.2, 0.25) is 0 Å². The monoisotopic (exact) mass is 486 g/mol. The minimum absolute atomic E-state index is 0.0501. The largest absolute Gasteiger partial charge is 0.486 e. The molecule has 10 heteroatoms. The molecule has 186 valence electrons. The Hall–Kier alpha value is -3.56. The minimum atomic E-state index is -4.46. The van der Waals surface area contributed by atoms with E-state index in [0.29, 0.717) is 42.9 Å². The number of ether oxygens (including phenoxy) is 1. The van der Waals surface area contributed by atoms with Crippen LogP contribution in [-0.2, 0) is 6.18 Å². The molecule has 2 aliphatic heterocycles. The van der Waals surface area contributed by atoms with Gasteiger partial charge in [0.15, 0.2) is 11.6 Å². The first-order chi connectivity index (χ1) is 16.7. The number of nitrogens with zero attached hydrogens (tertiary/aromatic N) is 5. The molecule has 1 fully saturated rings. The Labute approximate surface area is 203 Å². The van der Waals surface area contributed by atoms with Crippen LogP contribution in [0, 0.1) is 0 Å². The molecule has 0 aliphatic carbocycles. The molecule has 0 amide bonds. The number of piperidine rings is 1. The average molecular weight is 487 g/mol. The highest BCUT2D eigenvalue weighted by Gasteiger charge is 2.33. The summed E-state index contributed by atoms with van der Waals surface area (Å²) in [6.07, 6.45) is 3.57. The second-order valence-electron chi connectivity index (χ2n) is 8.76. The number of aromatic nitrogens is 3. The number of pyridine rings is 1. The molecule has 0 spiro atoms. The molecule has 0 bridgehead atoms. The maximum absolute atomic E-state index is 13.0. The zero-order chi connectivity index (χ0) is 25.2. The first-order valence-corrected chi connectivity index (χ1v) is 11.4. The molecule has 0 saturated carbocycles. The number of hydrogen-bond acceptors (Lipinski definition) is 7. The van der Waals surface area contributed by atoms with Gasteiger partial charge in [0, 0.05) is 38.1 Å². The summed E-state index contributed by atoms with van der Waals surface area (Å²) in [4.78, 5) is 16.6. The molecule has 1 saturated heterocycles. The summed E-state index contributed by atoms with van der Waals surface area (Å²) < 4.78 is 44.9. The van der Waals surface area contributed by atoms with Crippen LogP contribution < -0.4 is 19.9 Å². The van der Waals surface area contributed by atoms with Crippen LogP contribution in [-0.4, -0.2) is 53.8 Å². The maximum atomic E-state index is 13.0. The Balaban J connectivity index is 1.42. The van der Waals surface area contributed by atoms with E-state index in [2.05, 4.69) is 33.3 Å². The van der Waals surface area contributed by atoms with Gasteiger partial charge in [-0.2, -0.15) is 18.2 Å². The molecule has 2 aliphatic rings. The van der Waals surface area contributed by atoms with Crippen molar-refractivity contribution in [1.29, 1.82) is 0 Å². The molecule has 0 radical (unpaired) electrons. The molecular weight excluding hydrogens is 457 g/mol. The summed E-state index contributed by atoms with van der Waals surface area (Å²) in [5.74, 6) is 1.79. The van der Waals surface area contributed by atoms with Gasteiger partial charge in [0.25, 0.3) is 0 Å². The topological polar surface area (TPSA) is 66.4 Å². The maximum Gasteiger partial charge on any atom is 0.433 e. The lowest BCUT2D eigenvalue weighted by molar-refractivity contribution is -0.141. The Morgan fingerprint density at radius 2 is 2.00 bits per heavy atom. The van der Waals surface area contributed by atoms with Crippen molar-refractivity contribution in [2.45, 2.75) is 38.0 Å². The summed E-state index contributed by atoms with van der Waals surface area (Å²) in [5.41, 5.74) is 1.62. The van der Waals surface area contributed by atoms with Crippen molar-refractivity contribution in [2.75, 3.05) is 41.9 Å². The van der Waals surface area contributed by atoms with Gasteiger partial charge in [0.2, 0.25) is 5.95 Å². The van der Waals surface area contributed by atoms with Gasteiger partial charge in [-0.15, -0.1) is 0 Å². The average Bonchev–Trinajstić information content (AvgIpc) is 2.83. The van der Waals surface area contributed by atoms with Crippen molar-refractivity contribution >= 4 is 17.5 Å². The predicted molar refractivity (Wildman–Crippen MR) is 131 cm³/mol. The molecule has 1 unspecified atom stereocenters. The van der Waals surface area contributed by atoms with E-state index in [9.17, 15) is 13.2 Å². The Morgan fingerprint density at radius 3 is 2.66 bits per heavy atom. The lowest BCUT2D eigenvalue weighted by Crippen LogP contribution is -2.43. The van der Waals surface area contributed by atoms with E-state index in [4.69, 9.17) is 9.72 Å². The van der Waals surface area contributed by atoms with E-state index in [-0.39, 0.29) is 12.1 Å². The minimum Gasteiger partial charge on any atom is -0.486 e. The number of hydrogen-bond donors (Lipinski definition) is 1. The van der Waals surface area contributed by atoms with Crippen molar-refractivity contribution in [1.82, 2.24) is 15.0 Å². The van der Waals surface area contributed by atoms with Crippen molar-refractivity contribution in [3.05, 3.63) is 66.7 Å². The number of alkyl halides is 3. The zero-order valence-electron chi connectivity index (χ0n) is 19.8. The number of likely N-dealkylation sites (N-methyl/N-ethyl adjacent to an activating group) is 1. The highest BCUT2D eigenvalue weighted by Crippen LogP contribution is 2.35. The van der Waals surface area contributed by atoms with Crippen molar-refractivity contribution < 1.29 is 17.9 Å². The van der Waals surface area contributed by atoms with E-state index in [1.165, 1.54) is 6.20 Å². The van der Waals surface area contributed by atoms with Crippen LogP contribution in [0.5, 0.6) is 5.75 Å². The number of fused-ring (bicyclic) bond motifs is 1. The summed E-state index contributed by atoms with van der Waals surface area (Å²) in [7, 11) is 1.96. The predicted octanol–water partition coefficient (Wildman–Crippen LogP) is 4.86. The SMILES string of the molecule is C=C/C=C(\C(=C)C)C1COc2cnc(NC3CCN(c4ccnc(C(F)(F)F)c4)CC3)nc2N1C. The first kappa shape index (κ1) is 24.6. The van der Waals surface area contributed by atoms with Crippen LogP contribution in [0.4, 0.5) is 30.6 Å². The highest BCUT2D eigenvalue weighted by molar-refractivity contribution is 5.59. The summed E-state index contributed by atoms with van der Waals surface area (Å²) in [6, 6.07) is 2.77. The van der Waals surface area contributed by atoms with Crippen LogP contribution in [0.25, 0.3) is 0 Å². The van der Waals surface area contributed by atoms with E-state index in [1.807, 2.05) is 24.9 Å². The number of rotatable bonds is 6. The molecule has 1 atom stereocenters. The second-order valence-corrected chi connectivity index (χ2v) is 8.76. The second kappa shape index (κ2) is 9.97. The van der Waals surface area contributed by atoms with Gasteiger partial charge in [-0.25, -0.2) is 4.98 Å². The van der Waals surface area contributed by atoms with Crippen LogP contribution in [0.1, 0.15) is 25.5 Å². The van der Waals surface area contributed by atoms with Gasteiger partial charge in [0.1, 0.15) is 12.3 Å². The van der Waals surface area contributed by atoms with Gasteiger partial charge in [-0.1, -0.05) is 30.9 Å². The lowest BCUT2D eigenvalue weighted by atomic mass is 9.99. The summed E-state index contributed by atoms with van der Waals surface area (Å²) in [5, 5.41) is 3.38. The summed E-state index contributed by atoms with van der Waals surface area (Å²) >= 11 is 0. The van der Waals surface area contributed by atoms with Crippen LogP contribution >= 0.6 is 0 Å². The summed E-state index contributed by atoms with van der Waals surface area (Å²) in [6.45, 7) is 11.5. The zero-order valence-corrected chi connectivity index (χ0v) is 19.8. The van der Waals surface area contributed by atoms with Gasteiger partial charge in [0.05, 0.1) is 12.2 Å². The van der Waals surface area contributed by atoms with Gasteiger partial charge >= 0.3 is 6.18 Å². The Kier molecular flexibility index (Phi) is 7.00. The molecule has 2 aromatic heterocycles. The van der Waals surface area contributed by atoms with Crippen LogP contribution in [0.15, 0.2) is 61.0 Å². The smallest absolute Gasteiger partial charge is 0.433 e. The number of nitrogens with one attached hydrogen (secondary N) is 1. The number of anilines is 3. The van der Waals surface area contributed by atoms with E-state index in [0.717, 1.165) is 30.1 Å². The molecule has 35 heavy (non-hydrogen) atoms. The Bertz CT molecular complexity index is 1120. The molecule has 1 N–H and O–H groups in total. The lowest BCUT2D eigenvalue weighted by Gasteiger charge is -2.37. The Morgan fingerprint density at radius 1 is 1.26 bits per heavy atom. The van der Waals surface area contributed by atoms with Crippen LogP contribution in [0.3, 0.4) is 0 Å². The van der Waals surface area contributed by atoms with Crippen molar-refractivity contribution in [2.24, 2.45) is 0 Å². The fraction of sp³-hybridized carbons (Fsp3) is 0.400. The molecule has 2 aromatic rings. The highest BCUT2D eigenvalue weighted by atomic mass is 19.4. The fourth-order valence-electron chi connectivity index (χ4n) is 4.41. The van der Waals surface area contributed by atoms with Crippen molar-refractivity contribution in [3.8, 4) is 5.75 Å². The van der Waals surface area contributed by atoms with Gasteiger partial charge < -0.3 is 19.9 Å². The fourth-order valence-corrected chi connectivity index (χ4v) is 4.41. The van der Waals surface area contributed by atoms with E-state index >= 15 is 0 Å². The molecular formula is C25H29F3N6O. The van der Waals surface area contributed by atoms with Gasteiger partial charge in [-0.05, 0) is 37.5 Å². The third-order valence-electron chi connectivity index (χ3n) is 6.31. The third kappa shape index (κ3) is 5.41. The van der Waals surface area contributed by atoms with E-state index in [1.54, 1.807) is 18.3 Å². The molecule has 4 heterocycles. The first-order valence-electron chi connectivity index (χ1n) is 11.4. The number of halogens is 3. The quantitative estimate of drug-likeness (QED) is 0.585.